The third-order valence-electron chi connectivity index (χ3n) is 3.10. The predicted molar refractivity (Wildman–Crippen MR) is 78.4 cm³/mol. The van der Waals surface area contributed by atoms with Crippen LogP contribution in [-0.4, -0.2) is 24.7 Å². The second kappa shape index (κ2) is 6.27. The van der Waals surface area contributed by atoms with Gasteiger partial charge in [-0.15, -0.1) is 0 Å². The average Bonchev–Trinajstić information content (AvgIpc) is 2.85. The SMILES string of the molecule is Cc1cc(NC(=O)C(C)S(=O)(=O)Cc2ccccc2F)no1. The van der Waals surface area contributed by atoms with Crippen LogP contribution < -0.4 is 5.32 Å². The number of aryl methyl sites for hydroxylation is 1. The van der Waals surface area contributed by atoms with E-state index in [-0.39, 0.29) is 11.4 Å². The number of amides is 1. The molecule has 0 saturated carbocycles. The van der Waals surface area contributed by atoms with Crippen molar-refractivity contribution in [2.75, 3.05) is 5.32 Å². The molecule has 2 rings (SSSR count). The molecule has 22 heavy (non-hydrogen) atoms. The van der Waals surface area contributed by atoms with E-state index < -0.39 is 32.6 Å². The van der Waals surface area contributed by atoms with Gasteiger partial charge in [0.1, 0.15) is 16.8 Å². The summed E-state index contributed by atoms with van der Waals surface area (Å²) in [5, 5.41) is 4.57. The molecule has 1 amide bonds. The Morgan fingerprint density at radius 1 is 1.41 bits per heavy atom. The van der Waals surface area contributed by atoms with Gasteiger partial charge in [0.05, 0.1) is 5.75 Å². The number of anilines is 1. The minimum Gasteiger partial charge on any atom is -0.360 e. The molecule has 6 nitrogen and oxygen atoms in total. The third kappa shape index (κ3) is 3.70. The first-order valence-electron chi connectivity index (χ1n) is 6.49. The van der Waals surface area contributed by atoms with E-state index in [0.717, 1.165) is 0 Å². The summed E-state index contributed by atoms with van der Waals surface area (Å²) >= 11 is 0. The highest BCUT2D eigenvalue weighted by molar-refractivity contribution is 7.92. The summed E-state index contributed by atoms with van der Waals surface area (Å²) in [7, 11) is -3.86. The molecule has 0 spiro atoms. The quantitative estimate of drug-likeness (QED) is 0.908. The topological polar surface area (TPSA) is 89.3 Å². The Labute approximate surface area is 127 Å². The van der Waals surface area contributed by atoms with Crippen molar-refractivity contribution in [1.82, 2.24) is 5.16 Å². The first kappa shape index (κ1) is 16.2. The third-order valence-corrected chi connectivity index (χ3v) is 5.11. The Morgan fingerprint density at radius 2 is 2.09 bits per heavy atom. The lowest BCUT2D eigenvalue weighted by Crippen LogP contribution is -2.33. The molecule has 1 heterocycles. The fourth-order valence-electron chi connectivity index (χ4n) is 1.77. The van der Waals surface area contributed by atoms with E-state index in [4.69, 9.17) is 4.52 Å². The van der Waals surface area contributed by atoms with Crippen molar-refractivity contribution >= 4 is 21.6 Å². The monoisotopic (exact) mass is 326 g/mol. The lowest BCUT2D eigenvalue weighted by Gasteiger charge is -2.12. The van der Waals surface area contributed by atoms with E-state index in [0.29, 0.717) is 5.76 Å². The van der Waals surface area contributed by atoms with Crippen molar-refractivity contribution < 1.29 is 22.1 Å². The van der Waals surface area contributed by atoms with Gasteiger partial charge >= 0.3 is 0 Å². The van der Waals surface area contributed by atoms with Crippen molar-refractivity contribution in [3.8, 4) is 0 Å². The van der Waals surface area contributed by atoms with Crippen LogP contribution in [0.2, 0.25) is 0 Å². The number of aromatic nitrogens is 1. The van der Waals surface area contributed by atoms with E-state index in [2.05, 4.69) is 10.5 Å². The van der Waals surface area contributed by atoms with Crippen molar-refractivity contribution in [2.45, 2.75) is 24.9 Å². The zero-order valence-electron chi connectivity index (χ0n) is 12.0. The van der Waals surface area contributed by atoms with Gasteiger partial charge in [-0.1, -0.05) is 23.4 Å². The van der Waals surface area contributed by atoms with Gasteiger partial charge in [0.25, 0.3) is 0 Å². The molecule has 1 aromatic carbocycles. The highest BCUT2D eigenvalue weighted by atomic mass is 32.2. The first-order valence-corrected chi connectivity index (χ1v) is 8.20. The number of carbonyl (C=O) groups excluding carboxylic acids is 1. The van der Waals surface area contributed by atoms with Gasteiger partial charge in [0.2, 0.25) is 5.91 Å². The number of sulfone groups is 1. The number of rotatable bonds is 5. The maximum absolute atomic E-state index is 13.5. The molecule has 0 aliphatic heterocycles. The Morgan fingerprint density at radius 3 is 2.68 bits per heavy atom. The smallest absolute Gasteiger partial charge is 0.243 e. The number of hydrogen-bond donors (Lipinski definition) is 1. The van der Waals surface area contributed by atoms with Crippen molar-refractivity contribution in [3.63, 3.8) is 0 Å². The highest BCUT2D eigenvalue weighted by Gasteiger charge is 2.29. The molecule has 118 valence electrons. The van der Waals surface area contributed by atoms with Crippen LogP contribution in [0.1, 0.15) is 18.2 Å². The Balaban J connectivity index is 2.11. The average molecular weight is 326 g/mol. The molecule has 0 aliphatic carbocycles. The fraction of sp³-hybridized carbons (Fsp3) is 0.286. The van der Waals surface area contributed by atoms with E-state index in [1.54, 1.807) is 6.92 Å². The maximum atomic E-state index is 13.5. The Hall–Kier alpha value is -2.22. The maximum Gasteiger partial charge on any atom is 0.243 e. The molecule has 1 aromatic heterocycles. The zero-order chi connectivity index (χ0) is 16.3. The molecular formula is C14H15FN2O4S. The number of benzene rings is 1. The minimum absolute atomic E-state index is 0.0273. The number of nitrogens with zero attached hydrogens (tertiary/aromatic N) is 1. The molecule has 0 saturated heterocycles. The molecule has 0 bridgehead atoms. The summed E-state index contributed by atoms with van der Waals surface area (Å²) in [4.78, 5) is 12.0. The molecule has 2 aromatic rings. The number of halogens is 1. The van der Waals surface area contributed by atoms with Gasteiger partial charge in [-0.25, -0.2) is 12.8 Å². The largest absolute Gasteiger partial charge is 0.360 e. The molecule has 1 atom stereocenters. The fourth-order valence-corrected chi connectivity index (χ4v) is 3.08. The normalized spacial score (nSPS) is 12.9. The summed E-state index contributed by atoms with van der Waals surface area (Å²) in [6.07, 6.45) is 0. The lowest BCUT2D eigenvalue weighted by atomic mass is 10.2. The standard InChI is InChI=1S/C14H15FN2O4S/c1-9-7-13(17-21-9)16-14(18)10(2)22(19,20)8-11-5-3-4-6-12(11)15/h3-7,10H,8H2,1-2H3,(H,16,17,18). The summed E-state index contributed by atoms with van der Waals surface area (Å²) in [5.41, 5.74) is 0.0273. The van der Waals surface area contributed by atoms with E-state index >= 15 is 0 Å². The van der Waals surface area contributed by atoms with Gasteiger partial charge in [0, 0.05) is 11.6 Å². The summed E-state index contributed by atoms with van der Waals surface area (Å²) in [6, 6.07) is 7.02. The van der Waals surface area contributed by atoms with E-state index in [9.17, 15) is 17.6 Å². The molecule has 1 N–H and O–H groups in total. The van der Waals surface area contributed by atoms with Crippen LogP contribution in [0.15, 0.2) is 34.9 Å². The van der Waals surface area contributed by atoms with Crippen molar-refractivity contribution in [1.29, 1.82) is 0 Å². The summed E-state index contributed by atoms with van der Waals surface area (Å²) in [5.74, 6) is -1.30. The molecule has 0 radical (unpaired) electrons. The van der Waals surface area contributed by atoms with Crippen LogP contribution in [0, 0.1) is 12.7 Å². The Bertz CT molecular complexity index is 786. The van der Waals surface area contributed by atoms with Gasteiger partial charge in [-0.05, 0) is 19.9 Å². The van der Waals surface area contributed by atoms with Crippen LogP contribution >= 0.6 is 0 Å². The highest BCUT2D eigenvalue weighted by Crippen LogP contribution is 2.16. The van der Waals surface area contributed by atoms with Gasteiger partial charge in [-0.3, -0.25) is 4.79 Å². The summed E-state index contributed by atoms with van der Waals surface area (Å²) in [6.45, 7) is 2.89. The van der Waals surface area contributed by atoms with Crippen LogP contribution in [0.25, 0.3) is 0 Å². The van der Waals surface area contributed by atoms with Gasteiger partial charge in [0.15, 0.2) is 15.7 Å². The molecule has 1 unspecified atom stereocenters. The van der Waals surface area contributed by atoms with Crippen molar-refractivity contribution in [2.24, 2.45) is 0 Å². The number of hydrogen-bond acceptors (Lipinski definition) is 5. The van der Waals surface area contributed by atoms with E-state index in [1.807, 2.05) is 0 Å². The van der Waals surface area contributed by atoms with Crippen molar-refractivity contribution in [3.05, 3.63) is 47.5 Å². The number of carbonyl (C=O) groups is 1. The van der Waals surface area contributed by atoms with Gasteiger partial charge < -0.3 is 9.84 Å². The van der Waals surface area contributed by atoms with Crippen LogP contribution in [-0.2, 0) is 20.4 Å². The Kier molecular flexibility index (Phi) is 4.60. The lowest BCUT2D eigenvalue weighted by molar-refractivity contribution is -0.115. The second-order valence-corrected chi connectivity index (χ2v) is 7.17. The van der Waals surface area contributed by atoms with E-state index in [1.165, 1.54) is 37.3 Å². The molecular weight excluding hydrogens is 311 g/mol. The van der Waals surface area contributed by atoms with Crippen LogP contribution in [0.4, 0.5) is 10.2 Å². The predicted octanol–water partition coefficient (Wildman–Crippen LogP) is 2.06. The second-order valence-electron chi connectivity index (χ2n) is 4.85. The molecule has 0 aliphatic rings. The molecule has 0 fully saturated rings. The van der Waals surface area contributed by atoms with Crippen LogP contribution in [0.3, 0.4) is 0 Å². The zero-order valence-corrected chi connectivity index (χ0v) is 12.9. The number of nitrogens with one attached hydrogen (secondary N) is 1. The van der Waals surface area contributed by atoms with Crippen LogP contribution in [0.5, 0.6) is 0 Å². The summed E-state index contributed by atoms with van der Waals surface area (Å²) < 4.78 is 42.8. The molecule has 8 heteroatoms. The van der Waals surface area contributed by atoms with Gasteiger partial charge in [-0.2, -0.15) is 0 Å². The minimum atomic E-state index is -3.86. The first-order chi connectivity index (χ1) is 10.3.